The maximum Gasteiger partial charge on any atom is 0.416 e. The monoisotopic (exact) mass is 426 g/mol. The fraction of sp³-hybridized carbons (Fsp3) is 0.125. The molecule has 0 N–H and O–H groups in total. The number of alkyl halides is 3. The maximum absolute atomic E-state index is 13.0. The Balaban J connectivity index is 1.59. The lowest BCUT2D eigenvalue weighted by Crippen LogP contribution is -2.05. The quantitative estimate of drug-likeness (QED) is 0.308. The number of carbonyl (C=O) groups excluding carboxylic acids is 1. The summed E-state index contributed by atoms with van der Waals surface area (Å²) >= 11 is 1.45. The van der Waals surface area contributed by atoms with E-state index in [1.165, 1.54) is 17.8 Å². The number of ketones is 1. The average molecular weight is 426 g/mol. The van der Waals surface area contributed by atoms with Crippen molar-refractivity contribution in [2.45, 2.75) is 17.7 Å². The average Bonchev–Trinajstić information content (AvgIpc) is 3.12. The normalized spacial score (nSPS) is 11.7. The van der Waals surface area contributed by atoms with Gasteiger partial charge in [-0.2, -0.15) is 24.9 Å². The van der Waals surface area contributed by atoms with Gasteiger partial charge < -0.3 is 4.42 Å². The molecule has 4 aromatic rings. The molecule has 6 heteroatoms. The Labute approximate surface area is 175 Å². The number of halogens is 3. The van der Waals surface area contributed by atoms with Crippen molar-refractivity contribution in [2.24, 2.45) is 0 Å². The maximum atomic E-state index is 13.0. The van der Waals surface area contributed by atoms with Gasteiger partial charge in [0.05, 0.1) is 5.56 Å². The number of thioether (sulfide) groups is 1. The molecule has 0 atom stereocenters. The van der Waals surface area contributed by atoms with E-state index in [2.05, 4.69) is 0 Å². The molecule has 0 aliphatic carbocycles. The van der Waals surface area contributed by atoms with E-state index in [0.29, 0.717) is 28.2 Å². The molecule has 0 aliphatic heterocycles. The Morgan fingerprint density at radius 2 is 1.60 bits per heavy atom. The Morgan fingerprint density at radius 3 is 2.37 bits per heavy atom. The van der Waals surface area contributed by atoms with Crippen LogP contribution in [0.2, 0.25) is 0 Å². The van der Waals surface area contributed by atoms with Crippen LogP contribution in [0.4, 0.5) is 13.2 Å². The van der Waals surface area contributed by atoms with Crippen LogP contribution in [-0.4, -0.2) is 5.78 Å². The molecule has 3 aromatic carbocycles. The van der Waals surface area contributed by atoms with E-state index in [9.17, 15) is 18.0 Å². The van der Waals surface area contributed by atoms with Crippen LogP contribution in [-0.2, 0) is 17.7 Å². The van der Waals surface area contributed by atoms with Gasteiger partial charge in [0.25, 0.3) is 0 Å². The smallest absolute Gasteiger partial charge is 0.416 e. The molecule has 152 valence electrons. The second-order valence-corrected chi connectivity index (χ2v) is 7.78. The van der Waals surface area contributed by atoms with Crippen LogP contribution in [0, 0.1) is 0 Å². The Bertz CT molecular complexity index is 1180. The number of carbonyl (C=O) groups is 1. The standard InChI is InChI=1S/C24H17F3O2S/c25-24(26,27)18-10-6-7-16(13-18)14-30-15-20-19-11-4-5-12-21(19)29-23(20)22(28)17-8-2-1-3-9-17/h1-13H,14-15H2. The molecule has 1 heterocycles. The van der Waals surface area contributed by atoms with Crippen LogP contribution < -0.4 is 0 Å². The molecule has 0 amide bonds. The van der Waals surface area contributed by atoms with Crippen molar-refractivity contribution in [3.05, 3.63) is 107 Å². The zero-order valence-corrected chi connectivity index (χ0v) is 16.6. The van der Waals surface area contributed by atoms with Crippen LogP contribution >= 0.6 is 11.8 Å². The first-order chi connectivity index (χ1) is 14.4. The predicted molar refractivity (Wildman–Crippen MR) is 113 cm³/mol. The Hall–Kier alpha value is -2.99. The van der Waals surface area contributed by atoms with E-state index in [1.54, 1.807) is 36.4 Å². The first-order valence-electron chi connectivity index (χ1n) is 9.27. The summed E-state index contributed by atoms with van der Waals surface area (Å²) in [5.41, 5.74) is 1.83. The van der Waals surface area contributed by atoms with E-state index in [1.807, 2.05) is 24.3 Å². The summed E-state index contributed by atoms with van der Waals surface area (Å²) in [6.45, 7) is 0. The molecular formula is C24H17F3O2S. The van der Waals surface area contributed by atoms with Gasteiger partial charge in [0.15, 0.2) is 5.76 Å². The number of fused-ring (bicyclic) bond motifs is 1. The van der Waals surface area contributed by atoms with Crippen molar-refractivity contribution in [2.75, 3.05) is 0 Å². The minimum atomic E-state index is -4.36. The number of rotatable bonds is 6. The minimum absolute atomic E-state index is 0.207. The van der Waals surface area contributed by atoms with Crippen LogP contribution in [0.1, 0.15) is 32.8 Å². The number of para-hydroxylation sites is 1. The summed E-state index contributed by atoms with van der Waals surface area (Å²) in [4.78, 5) is 13.0. The number of benzene rings is 3. The highest BCUT2D eigenvalue weighted by Gasteiger charge is 2.30. The van der Waals surface area contributed by atoms with Gasteiger partial charge in [-0.25, -0.2) is 0 Å². The predicted octanol–water partition coefficient (Wildman–Crippen LogP) is 7.12. The molecule has 0 fully saturated rings. The topological polar surface area (TPSA) is 30.2 Å². The fourth-order valence-electron chi connectivity index (χ4n) is 3.25. The Morgan fingerprint density at radius 1 is 0.867 bits per heavy atom. The molecule has 0 unspecified atom stereocenters. The number of furan rings is 1. The highest BCUT2D eigenvalue weighted by molar-refractivity contribution is 7.97. The highest BCUT2D eigenvalue weighted by atomic mass is 32.2. The molecule has 4 rings (SSSR count). The summed E-state index contributed by atoms with van der Waals surface area (Å²) in [7, 11) is 0. The first kappa shape index (κ1) is 20.3. The molecule has 0 spiro atoms. The molecule has 0 saturated carbocycles. The van der Waals surface area contributed by atoms with Crippen molar-refractivity contribution >= 4 is 28.5 Å². The van der Waals surface area contributed by atoms with Gasteiger partial charge in [-0.3, -0.25) is 4.79 Å². The fourth-order valence-corrected chi connectivity index (χ4v) is 4.26. The van der Waals surface area contributed by atoms with Crippen molar-refractivity contribution in [1.29, 1.82) is 0 Å². The Kier molecular flexibility index (Phi) is 5.68. The second-order valence-electron chi connectivity index (χ2n) is 6.79. The van der Waals surface area contributed by atoms with Gasteiger partial charge in [0.2, 0.25) is 5.78 Å². The molecule has 2 nitrogen and oxygen atoms in total. The molecule has 0 saturated heterocycles. The van der Waals surface area contributed by atoms with Crippen molar-refractivity contribution < 1.29 is 22.4 Å². The lowest BCUT2D eigenvalue weighted by Gasteiger charge is -2.09. The molecule has 1 aromatic heterocycles. The third-order valence-electron chi connectivity index (χ3n) is 4.71. The number of hydrogen-bond acceptors (Lipinski definition) is 3. The summed E-state index contributed by atoms with van der Waals surface area (Å²) in [6.07, 6.45) is -4.36. The minimum Gasteiger partial charge on any atom is -0.452 e. The van der Waals surface area contributed by atoms with Gasteiger partial charge >= 0.3 is 6.18 Å². The third-order valence-corrected chi connectivity index (χ3v) is 5.74. The van der Waals surface area contributed by atoms with Gasteiger partial charge in [0, 0.05) is 28.0 Å². The number of hydrogen-bond donors (Lipinski definition) is 0. The van der Waals surface area contributed by atoms with Gasteiger partial charge in [0.1, 0.15) is 5.58 Å². The summed E-state index contributed by atoms with van der Waals surface area (Å²) in [5.74, 6) is 0.907. The zero-order valence-electron chi connectivity index (χ0n) is 15.8. The largest absolute Gasteiger partial charge is 0.452 e. The molecule has 0 bridgehead atoms. The highest BCUT2D eigenvalue weighted by Crippen LogP contribution is 2.33. The van der Waals surface area contributed by atoms with Crippen LogP contribution in [0.3, 0.4) is 0 Å². The summed E-state index contributed by atoms with van der Waals surface area (Å²) in [5, 5.41) is 0.841. The summed E-state index contributed by atoms with van der Waals surface area (Å²) < 4.78 is 44.7. The SMILES string of the molecule is O=C(c1ccccc1)c1oc2ccccc2c1CSCc1cccc(C(F)(F)F)c1. The van der Waals surface area contributed by atoms with Crippen molar-refractivity contribution in [1.82, 2.24) is 0 Å². The summed E-state index contributed by atoms with van der Waals surface area (Å²) in [6, 6.07) is 21.6. The van der Waals surface area contributed by atoms with E-state index in [-0.39, 0.29) is 11.5 Å². The molecule has 30 heavy (non-hydrogen) atoms. The zero-order chi connectivity index (χ0) is 21.1. The van der Waals surface area contributed by atoms with Crippen LogP contribution in [0.25, 0.3) is 11.0 Å². The van der Waals surface area contributed by atoms with Crippen LogP contribution in [0.5, 0.6) is 0 Å². The van der Waals surface area contributed by atoms with Gasteiger partial charge in [-0.15, -0.1) is 0 Å². The van der Waals surface area contributed by atoms with Crippen LogP contribution in [0.15, 0.2) is 83.3 Å². The van der Waals surface area contributed by atoms with Crippen molar-refractivity contribution in [3.8, 4) is 0 Å². The first-order valence-corrected chi connectivity index (χ1v) is 10.4. The van der Waals surface area contributed by atoms with E-state index >= 15 is 0 Å². The van der Waals surface area contributed by atoms with Gasteiger partial charge in [-0.1, -0.05) is 66.7 Å². The van der Waals surface area contributed by atoms with E-state index in [4.69, 9.17) is 4.42 Å². The van der Waals surface area contributed by atoms with Crippen molar-refractivity contribution in [3.63, 3.8) is 0 Å². The lowest BCUT2D eigenvalue weighted by atomic mass is 10.0. The second kappa shape index (κ2) is 8.40. The van der Waals surface area contributed by atoms with Gasteiger partial charge in [-0.05, 0) is 17.7 Å². The third kappa shape index (κ3) is 4.28. The molecule has 0 radical (unpaired) electrons. The van der Waals surface area contributed by atoms with E-state index < -0.39 is 11.7 Å². The molecule has 0 aliphatic rings. The molecular weight excluding hydrogens is 409 g/mol. The lowest BCUT2D eigenvalue weighted by molar-refractivity contribution is -0.137. The van der Waals surface area contributed by atoms with E-state index in [0.717, 1.165) is 23.1 Å².